The number of rotatable bonds is 13. The number of carboxylic acid groups (broad SMARTS) is 1. The minimum absolute atomic E-state index is 0.0917. The van der Waals surface area contributed by atoms with Crippen molar-refractivity contribution in [2.75, 3.05) is 0 Å². The smallest absolute Gasteiger partial charge is 0.326 e. The molecule has 0 fully saturated rings. The van der Waals surface area contributed by atoms with Gasteiger partial charge in [0.2, 0.25) is 17.7 Å². The first-order valence-electron chi connectivity index (χ1n) is 13.6. The number of phenolic OH excluding ortho intramolecular Hbond substituents is 1. The zero-order valence-electron chi connectivity index (χ0n) is 23.7. The summed E-state index contributed by atoms with van der Waals surface area (Å²) in [6, 6.07) is 9.62. The zero-order chi connectivity index (χ0) is 30.3. The summed E-state index contributed by atoms with van der Waals surface area (Å²) in [4.78, 5) is 54.7. The number of para-hydroxylation sites is 1. The fourth-order valence-corrected chi connectivity index (χ4v) is 4.53. The summed E-state index contributed by atoms with van der Waals surface area (Å²) in [5.41, 5.74) is 8.56. The summed E-state index contributed by atoms with van der Waals surface area (Å²) in [5, 5.41) is 27.9. The molecular formula is C30H39N5O6. The van der Waals surface area contributed by atoms with Gasteiger partial charge in [-0.1, -0.05) is 58.0 Å². The molecule has 3 rings (SSSR count). The van der Waals surface area contributed by atoms with Crippen LogP contribution in [0.15, 0.2) is 54.7 Å². The van der Waals surface area contributed by atoms with E-state index in [0.717, 1.165) is 22.0 Å². The van der Waals surface area contributed by atoms with Crippen LogP contribution in [0.4, 0.5) is 0 Å². The van der Waals surface area contributed by atoms with Gasteiger partial charge in [0.05, 0.1) is 6.04 Å². The van der Waals surface area contributed by atoms with E-state index in [-0.39, 0.29) is 30.4 Å². The molecule has 3 aromatic rings. The summed E-state index contributed by atoms with van der Waals surface area (Å²) >= 11 is 0. The van der Waals surface area contributed by atoms with Crippen molar-refractivity contribution in [2.24, 2.45) is 17.6 Å². The molecule has 3 amide bonds. The Bertz CT molecular complexity index is 1370. The van der Waals surface area contributed by atoms with Crippen molar-refractivity contribution in [3.8, 4) is 5.75 Å². The number of hydrogen-bond donors (Lipinski definition) is 7. The Morgan fingerprint density at radius 3 is 2.02 bits per heavy atom. The largest absolute Gasteiger partial charge is 0.508 e. The number of carbonyl (C=O) groups excluding carboxylic acids is 3. The van der Waals surface area contributed by atoms with E-state index in [2.05, 4.69) is 20.9 Å². The Kier molecular flexibility index (Phi) is 10.5. The van der Waals surface area contributed by atoms with Gasteiger partial charge in [-0.3, -0.25) is 14.4 Å². The number of amides is 3. The second-order valence-electron chi connectivity index (χ2n) is 10.9. The molecule has 0 bridgehead atoms. The average Bonchev–Trinajstić information content (AvgIpc) is 3.33. The maximum absolute atomic E-state index is 13.6. The molecule has 0 aliphatic carbocycles. The molecule has 1 aromatic heterocycles. The van der Waals surface area contributed by atoms with Crippen LogP contribution in [0.1, 0.15) is 38.8 Å². The van der Waals surface area contributed by atoms with Crippen molar-refractivity contribution in [3.63, 3.8) is 0 Å². The summed E-state index contributed by atoms with van der Waals surface area (Å²) in [7, 11) is 0. The van der Waals surface area contributed by atoms with Gasteiger partial charge in [0.1, 0.15) is 23.9 Å². The minimum atomic E-state index is -1.17. The molecule has 11 nitrogen and oxygen atoms in total. The highest BCUT2D eigenvalue weighted by atomic mass is 16.4. The number of nitrogens with one attached hydrogen (secondary N) is 4. The number of carboxylic acids is 1. The van der Waals surface area contributed by atoms with E-state index >= 15 is 0 Å². The van der Waals surface area contributed by atoms with Gasteiger partial charge in [-0.15, -0.1) is 0 Å². The molecule has 220 valence electrons. The lowest BCUT2D eigenvalue weighted by atomic mass is 9.98. The Morgan fingerprint density at radius 2 is 1.41 bits per heavy atom. The van der Waals surface area contributed by atoms with Crippen LogP contribution in [0.3, 0.4) is 0 Å². The lowest BCUT2D eigenvalue weighted by Gasteiger charge is -2.28. The first kappa shape index (κ1) is 31.2. The standard InChI is InChI=1S/C30H39N5O6/c1-16(2)25(29(39)35-26(17(3)4)30(40)41)34-28(38)24(14-19-15-32-23-8-6-5-7-21(19)23)33-27(37)22(31)13-18-9-11-20(36)12-10-18/h5-12,15-17,22,24-26,32,36H,13-14,31H2,1-4H3,(H,33,37)(H,34,38)(H,35,39)(H,40,41). The van der Waals surface area contributed by atoms with Gasteiger partial charge in [0, 0.05) is 23.5 Å². The van der Waals surface area contributed by atoms with Crippen molar-refractivity contribution < 1.29 is 29.4 Å². The van der Waals surface area contributed by atoms with Crippen molar-refractivity contribution in [1.82, 2.24) is 20.9 Å². The molecule has 41 heavy (non-hydrogen) atoms. The highest BCUT2D eigenvalue weighted by molar-refractivity contribution is 5.95. The number of benzene rings is 2. The number of aliphatic carboxylic acids is 1. The number of aromatic nitrogens is 1. The molecule has 11 heteroatoms. The Balaban J connectivity index is 1.82. The van der Waals surface area contributed by atoms with Crippen LogP contribution in [-0.4, -0.2) is 63.1 Å². The topological polar surface area (TPSA) is 187 Å². The number of H-pyrrole nitrogens is 1. The first-order chi connectivity index (χ1) is 19.4. The molecule has 4 unspecified atom stereocenters. The third-order valence-corrected chi connectivity index (χ3v) is 6.94. The van der Waals surface area contributed by atoms with Gasteiger partial charge in [0.25, 0.3) is 0 Å². The number of phenols is 1. The Morgan fingerprint density at radius 1 is 0.805 bits per heavy atom. The van der Waals surface area contributed by atoms with Gasteiger partial charge in [-0.2, -0.15) is 0 Å². The predicted octanol–water partition coefficient (Wildman–Crippen LogP) is 1.84. The molecule has 0 saturated heterocycles. The number of carbonyl (C=O) groups is 4. The SMILES string of the molecule is CC(C)C(NC(=O)C(NC(=O)C(Cc1c[nH]c2ccccc12)NC(=O)C(N)Cc1ccc(O)cc1)C(C)C)C(=O)O. The molecule has 0 radical (unpaired) electrons. The number of fused-ring (bicyclic) bond motifs is 1. The minimum Gasteiger partial charge on any atom is -0.508 e. The number of nitrogens with two attached hydrogens (primary N) is 1. The molecule has 0 spiro atoms. The number of aromatic amines is 1. The van der Waals surface area contributed by atoms with E-state index < -0.39 is 47.9 Å². The third-order valence-electron chi connectivity index (χ3n) is 6.94. The molecule has 0 saturated carbocycles. The summed E-state index contributed by atoms with van der Waals surface area (Å²) < 4.78 is 0. The van der Waals surface area contributed by atoms with Crippen LogP contribution in [0.25, 0.3) is 10.9 Å². The van der Waals surface area contributed by atoms with Gasteiger partial charge >= 0.3 is 5.97 Å². The maximum Gasteiger partial charge on any atom is 0.326 e. The predicted molar refractivity (Wildman–Crippen MR) is 155 cm³/mol. The Hall–Kier alpha value is -4.38. The van der Waals surface area contributed by atoms with E-state index in [0.29, 0.717) is 0 Å². The average molecular weight is 566 g/mol. The Labute approximate surface area is 238 Å². The van der Waals surface area contributed by atoms with Crippen molar-refractivity contribution >= 4 is 34.6 Å². The van der Waals surface area contributed by atoms with E-state index in [9.17, 15) is 29.4 Å². The van der Waals surface area contributed by atoms with Crippen molar-refractivity contribution in [1.29, 1.82) is 0 Å². The molecule has 2 aromatic carbocycles. The number of aromatic hydroxyl groups is 1. The molecular weight excluding hydrogens is 526 g/mol. The van der Waals surface area contributed by atoms with Crippen LogP contribution >= 0.6 is 0 Å². The van der Waals surface area contributed by atoms with Gasteiger partial charge < -0.3 is 36.9 Å². The summed E-state index contributed by atoms with van der Waals surface area (Å²) in [6.45, 7) is 6.82. The van der Waals surface area contributed by atoms with E-state index in [1.54, 1.807) is 46.0 Å². The monoisotopic (exact) mass is 565 g/mol. The molecule has 0 aliphatic heterocycles. The van der Waals surface area contributed by atoms with Crippen LogP contribution in [0.5, 0.6) is 5.75 Å². The molecule has 0 aliphatic rings. The summed E-state index contributed by atoms with van der Waals surface area (Å²) in [5.74, 6) is -3.62. The molecule has 1 heterocycles. The lowest BCUT2D eigenvalue weighted by molar-refractivity contribution is -0.143. The van der Waals surface area contributed by atoms with E-state index in [4.69, 9.17) is 5.73 Å². The maximum atomic E-state index is 13.6. The van der Waals surface area contributed by atoms with Gasteiger partial charge in [-0.05, 0) is 47.6 Å². The fraction of sp³-hybridized carbons (Fsp3) is 0.400. The first-order valence-corrected chi connectivity index (χ1v) is 13.6. The highest BCUT2D eigenvalue weighted by Crippen LogP contribution is 2.20. The van der Waals surface area contributed by atoms with E-state index in [1.807, 2.05) is 24.3 Å². The van der Waals surface area contributed by atoms with Crippen LogP contribution in [0.2, 0.25) is 0 Å². The normalized spacial score (nSPS) is 14.3. The second-order valence-corrected chi connectivity index (χ2v) is 10.9. The van der Waals surface area contributed by atoms with Gasteiger partial charge in [-0.25, -0.2) is 4.79 Å². The molecule has 8 N–H and O–H groups in total. The van der Waals surface area contributed by atoms with Crippen molar-refractivity contribution in [3.05, 3.63) is 65.9 Å². The highest BCUT2D eigenvalue weighted by Gasteiger charge is 2.33. The second kappa shape index (κ2) is 13.8. The van der Waals surface area contributed by atoms with Crippen LogP contribution < -0.4 is 21.7 Å². The van der Waals surface area contributed by atoms with E-state index in [1.165, 1.54) is 12.1 Å². The van der Waals surface area contributed by atoms with Crippen LogP contribution in [0, 0.1) is 11.8 Å². The quantitative estimate of drug-likeness (QED) is 0.165. The summed E-state index contributed by atoms with van der Waals surface area (Å²) in [6.07, 6.45) is 2.06. The van der Waals surface area contributed by atoms with Crippen molar-refractivity contribution in [2.45, 2.75) is 64.7 Å². The molecule has 4 atom stereocenters. The lowest BCUT2D eigenvalue weighted by Crippen LogP contribution is -2.59. The zero-order valence-corrected chi connectivity index (χ0v) is 23.7. The number of hydrogen-bond acceptors (Lipinski definition) is 6. The van der Waals surface area contributed by atoms with Crippen LogP contribution in [-0.2, 0) is 32.0 Å². The third kappa shape index (κ3) is 8.31. The van der Waals surface area contributed by atoms with Gasteiger partial charge in [0.15, 0.2) is 0 Å². The fourth-order valence-electron chi connectivity index (χ4n) is 4.53.